The summed E-state index contributed by atoms with van der Waals surface area (Å²) in [6.07, 6.45) is 0. The predicted octanol–water partition coefficient (Wildman–Crippen LogP) is 3.31. The third-order valence-electron chi connectivity index (χ3n) is 3.04. The van der Waals surface area contributed by atoms with Crippen LogP contribution in [0.2, 0.25) is 0 Å². The summed E-state index contributed by atoms with van der Waals surface area (Å²) in [5.41, 5.74) is 6.11. The van der Waals surface area contributed by atoms with Gasteiger partial charge in [0.05, 0.1) is 0 Å². The molecule has 0 unspecified atom stereocenters. The smallest absolute Gasteiger partial charge is 0.00153 e. The summed E-state index contributed by atoms with van der Waals surface area (Å²) in [6, 6.07) is 0. The van der Waals surface area contributed by atoms with E-state index in [1.54, 1.807) is 11.1 Å². The maximum absolute atomic E-state index is 2.28. The highest BCUT2D eigenvalue weighted by molar-refractivity contribution is 5.45. The molecular formula is C10H16. The van der Waals surface area contributed by atoms with Crippen molar-refractivity contribution in [2.24, 2.45) is 5.92 Å². The number of hydrogen-bond acceptors (Lipinski definition) is 0. The molecule has 1 aliphatic carbocycles. The van der Waals surface area contributed by atoms with Crippen LogP contribution in [0.15, 0.2) is 22.3 Å². The van der Waals surface area contributed by atoms with E-state index in [1.165, 1.54) is 11.1 Å². The highest BCUT2D eigenvalue weighted by Gasteiger charge is 2.19. The molecule has 0 saturated carbocycles. The Hall–Kier alpha value is -0.520. The molecule has 0 spiro atoms. The molecule has 1 rings (SSSR count). The average Bonchev–Trinajstić information content (AvgIpc) is 2.07. The summed E-state index contributed by atoms with van der Waals surface area (Å²) in [5.74, 6) is 0.694. The summed E-state index contributed by atoms with van der Waals surface area (Å²) in [5, 5.41) is 0. The van der Waals surface area contributed by atoms with Crippen LogP contribution < -0.4 is 0 Å². The molecule has 0 aromatic carbocycles. The van der Waals surface area contributed by atoms with Crippen LogP contribution in [0.25, 0.3) is 0 Å². The van der Waals surface area contributed by atoms with Crippen LogP contribution >= 0.6 is 0 Å². The molecular weight excluding hydrogens is 120 g/mol. The lowest BCUT2D eigenvalue weighted by atomic mass is 10.00. The van der Waals surface area contributed by atoms with Gasteiger partial charge in [-0.3, -0.25) is 0 Å². The van der Waals surface area contributed by atoms with Gasteiger partial charge in [-0.25, -0.2) is 0 Å². The van der Waals surface area contributed by atoms with E-state index in [-0.39, 0.29) is 0 Å². The van der Waals surface area contributed by atoms with E-state index >= 15 is 0 Å². The van der Waals surface area contributed by atoms with E-state index in [0.717, 1.165) is 0 Å². The molecule has 0 N–H and O–H groups in total. The largest absolute Gasteiger partial charge is 0.0632 e. The van der Waals surface area contributed by atoms with Crippen molar-refractivity contribution in [3.8, 4) is 0 Å². The first-order chi connectivity index (χ1) is 4.55. The number of hydrogen-bond donors (Lipinski definition) is 0. The minimum Gasteiger partial charge on any atom is -0.0632 e. The van der Waals surface area contributed by atoms with Gasteiger partial charge >= 0.3 is 0 Å². The van der Waals surface area contributed by atoms with Crippen LogP contribution in [0.3, 0.4) is 0 Å². The van der Waals surface area contributed by atoms with Crippen molar-refractivity contribution in [2.75, 3.05) is 0 Å². The molecule has 0 radical (unpaired) electrons. The quantitative estimate of drug-likeness (QED) is 0.479. The molecule has 10 heavy (non-hydrogen) atoms. The molecule has 0 heterocycles. The lowest BCUT2D eigenvalue weighted by Gasteiger charge is -2.05. The molecule has 0 aliphatic heterocycles. The molecule has 0 nitrogen and oxygen atoms in total. The summed E-state index contributed by atoms with van der Waals surface area (Å²) in [4.78, 5) is 0. The molecule has 56 valence electrons. The van der Waals surface area contributed by atoms with Gasteiger partial charge in [-0.1, -0.05) is 18.1 Å². The Balaban J connectivity index is 3.09. The van der Waals surface area contributed by atoms with Crippen LogP contribution in [0, 0.1) is 5.92 Å². The van der Waals surface area contributed by atoms with E-state index in [2.05, 4.69) is 34.6 Å². The Kier molecular flexibility index (Phi) is 1.72. The van der Waals surface area contributed by atoms with E-state index in [4.69, 9.17) is 0 Å². The van der Waals surface area contributed by atoms with Gasteiger partial charge in [0, 0.05) is 0 Å². The summed E-state index contributed by atoms with van der Waals surface area (Å²) < 4.78 is 0. The predicted molar refractivity (Wildman–Crippen MR) is 45.9 cm³/mol. The summed E-state index contributed by atoms with van der Waals surface area (Å²) in [7, 11) is 0. The van der Waals surface area contributed by atoms with Gasteiger partial charge in [0.15, 0.2) is 0 Å². The van der Waals surface area contributed by atoms with E-state index in [9.17, 15) is 0 Å². The van der Waals surface area contributed by atoms with Crippen LogP contribution in [0.5, 0.6) is 0 Å². The first-order valence-electron chi connectivity index (χ1n) is 3.90. The van der Waals surface area contributed by atoms with E-state index in [0.29, 0.717) is 5.92 Å². The molecule has 1 aliphatic rings. The zero-order valence-electron chi connectivity index (χ0n) is 7.58. The Morgan fingerprint density at radius 2 is 1.10 bits per heavy atom. The molecule has 0 aromatic rings. The minimum atomic E-state index is 0.694. The zero-order chi connectivity index (χ0) is 7.89. The first kappa shape index (κ1) is 7.59. The SMILES string of the molecule is CC1=C(C)C(C)C(C)=C1C. The van der Waals surface area contributed by atoms with Crippen molar-refractivity contribution >= 4 is 0 Å². The first-order valence-corrected chi connectivity index (χ1v) is 3.90. The fourth-order valence-electron chi connectivity index (χ4n) is 1.57. The van der Waals surface area contributed by atoms with Gasteiger partial charge in [0.25, 0.3) is 0 Å². The molecule has 0 atom stereocenters. The van der Waals surface area contributed by atoms with Crippen LogP contribution in [0.4, 0.5) is 0 Å². The van der Waals surface area contributed by atoms with Crippen molar-refractivity contribution < 1.29 is 0 Å². The molecule has 0 amide bonds. The Bertz CT molecular complexity index is 192. The van der Waals surface area contributed by atoms with Gasteiger partial charge < -0.3 is 0 Å². The Morgan fingerprint density at radius 3 is 1.20 bits per heavy atom. The second-order valence-corrected chi connectivity index (χ2v) is 3.34. The molecule has 0 fully saturated rings. The second kappa shape index (κ2) is 2.26. The summed E-state index contributed by atoms with van der Waals surface area (Å²) in [6.45, 7) is 11.2. The highest BCUT2D eigenvalue weighted by atomic mass is 14.2. The minimum absolute atomic E-state index is 0.694. The zero-order valence-corrected chi connectivity index (χ0v) is 7.58. The number of rotatable bonds is 0. The van der Waals surface area contributed by atoms with Crippen LogP contribution in [-0.2, 0) is 0 Å². The molecule has 0 saturated heterocycles. The van der Waals surface area contributed by atoms with Gasteiger partial charge in [-0.2, -0.15) is 0 Å². The standard InChI is InChI=1S/C10H16/c1-6-7(2)9(4)10(5)8(6)3/h6H,1-5H3. The maximum Gasteiger partial charge on any atom is -0.00153 e. The van der Waals surface area contributed by atoms with Gasteiger partial charge in [-0.05, 0) is 44.8 Å². The van der Waals surface area contributed by atoms with Crippen molar-refractivity contribution in [3.05, 3.63) is 22.3 Å². The Morgan fingerprint density at radius 1 is 0.800 bits per heavy atom. The monoisotopic (exact) mass is 136 g/mol. The lowest BCUT2D eigenvalue weighted by molar-refractivity contribution is 0.815. The van der Waals surface area contributed by atoms with Crippen molar-refractivity contribution in [1.29, 1.82) is 0 Å². The van der Waals surface area contributed by atoms with Crippen molar-refractivity contribution in [3.63, 3.8) is 0 Å². The lowest BCUT2D eigenvalue weighted by Crippen LogP contribution is -1.92. The van der Waals surface area contributed by atoms with Crippen molar-refractivity contribution in [2.45, 2.75) is 34.6 Å². The fraction of sp³-hybridized carbons (Fsp3) is 0.600. The summed E-state index contributed by atoms with van der Waals surface area (Å²) >= 11 is 0. The van der Waals surface area contributed by atoms with Crippen molar-refractivity contribution in [1.82, 2.24) is 0 Å². The molecule has 0 heteroatoms. The Labute approximate surface area is 63.6 Å². The highest BCUT2D eigenvalue weighted by Crippen LogP contribution is 2.35. The van der Waals surface area contributed by atoms with Gasteiger partial charge in [0.2, 0.25) is 0 Å². The normalized spacial score (nSPS) is 21.3. The van der Waals surface area contributed by atoms with Gasteiger partial charge in [0.1, 0.15) is 0 Å². The van der Waals surface area contributed by atoms with E-state index < -0.39 is 0 Å². The second-order valence-electron chi connectivity index (χ2n) is 3.34. The molecule has 0 bridgehead atoms. The topological polar surface area (TPSA) is 0 Å². The third-order valence-corrected chi connectivity index (χ3v) is 3.04. The number of allylic oxidation sites excluding steroid dienone is 4. The molecule has 0 aromatic heterocycles. The van der Waals surface area contributed by atoms with Crippen LogP contribution in [-0.4, -0.2) is 0 Å². The average molecular weight is 136 g/mol. The van der Waals surface area contributed by atoms with Crippen LogP contribution in [0.1, 0.15) is 34.6 Å². The van der Waals surface area contributed by atoms with E-state index in [1.807, 2.05) is 0 Å². The maximum atomic E-state index is 2.28. The third kappa shape index (κ3) is 0.828. The fourth-order valence-corrected chi connectivity index (χ4v) is 1.57. The van der Waals surface area contributed by atoms with Gasteiger partial charge in [-0.15, -0.1) is 0 Å².